The van der Waals surface area contributed by atoms with Gasteiger partial charge < -0.3 is 15.5 Å². The minimum absolute atomic E-state index is 0. The van der Waals surface area contributed by atoms with E-state index in [0.717, 1.165) is 56.3 Å². The number of pyridine rings is 1. The molecule has 0 amide bonds. The largest absolute Gasteiger partial charge is 0.369 e. The first-order valence-electron chi connectivity index (χ1n) is 10.8. The number of benzene rings is 1. The normalized spacial score (nSPS) is 16.8. The van der Waals surface area contributed by atoms with E-state index in [0.29, 0.717) is 6.04 Å². The van der Waals surface area contributed by atoms with Crippen LogP contribution in [0.25, 0.3) is 5.65 Å². The van der Waals surface area contributed by atoms with Crippen molar-refractivity contribution in [2.75, 3.05) is 31.6 Å². The minimum Gasteiger partial charge on any atom is -0.369 e. The molecule has 4 rings (SSSR count). The van der Waals surface area contributed by atoms with Gasteiger partial charge in [0.15, 0.2) is 11.6 Å². The molecule has 8 heteroatoms. The molecule has 3 heterocycles. The van der Waals surface area contributed by atoms with Crippen molar-refractivity contribution < 1.29 is 0 Å². The van der Waals surface area contributed by atoms with E-state index in [-0.39, 0.29) is 24.0 Å². The summed E-state index contributed by atoms with van der Waals surface area (Å²) in [5.74, 6) is 1.87. The fraction of sp³-hybridized carbons (Fsp3) is 0.435. The quantitative estimate of drug-likeness (QED) is 0.220. The number of aromatic nitrogens is 3. The van der Waals surface area contributed by atoms with Gasteiger partial charge in [-0.3, -0.25) is 9.39 Å². The van der Waals surface area contributed by atoms with Gasteiger partial charge in [0.2, 0.25) is 0 Å². The van der Waals surface area contributed by atoms with E-state index in [1.54, 1.807) is 0 Å². The molecule has 7 nitrogen and oxygen atoms in total. The van der Waals surface area contributed by atoms with Gasteiger partial charge >= 0.3 is 0 Å². The van der Waals surface area contributed by atoms with Crippen LogP contribution in [-0.4, -0.2) is 53.3 Å². The summed E-state index contributed by atoms with van der Waals surface area (Å²) in [7, 11) is 1.84. The number of aryl methyl sites for hydroxylation is 2. The molecule has 166 valence electrons. The maximum absolute atomic E-state index is 4.42. The average Bonchev–Trinajstić information content (AvgIpc) is 3.19. The highest BCUT2D eigenvalue weighted by atomic mass is 127. The Morgan fingerprint density at radius 1 is 1.16 bits per heavy atom. The van der Waals surface area contributed by atoms with Gasteiger partial charge in [-0.1, -0.05) is 23.8 Å². The van der Waals surface area contributed by atoms with Crippen molar-refractivity contribution in [2.45, 2.75) is 38.6 Å². The fourth-order valence-electron chi connectivity index (χ4n) is 3.99. The fourth-order valence-corrected chi connectivity index (χ4v) is 3.99. The standard InChI is InChI=1S/C23H31N7.HI/c1-18-10-12-20(13-11-18)29-15-6-7-19(17-29)26-23(24-2)25-14-5-9-22-28-27-21-8-3-4-16-30(21)22;/h3-4,8,10-13,16,19H,5-7,9,14-15,17H2,1-2H3,(H2,24,25,26);1H. The third kappa shape index (κ3) is 6.09. The first-order chi connectivity index (χ1) is 14.7. The summed E-state index contributed by atoms with van der Waals surface area (Å²) < 4.78 is 2.05. The minimum atomic E-state index is 0. The zero-order chi connectivity index (χ0) is 20.8. The first kappa shape index (κ1) is 23.3. The summed E-state index contributed by atoms with van der Waals surface area (Å²) in [6.07, 6.45) is 6.20. The van der Waals surface area contributed by atoms with Gasteiger partial charge in [0.25, 0.3) is 0 Å². The van der Waals surface area contributed by atoms with Crippen LogP contribution >= 0.6 is 24.0 Å². The van der Waals surface area contributed by atoms with Crippen LogP contribution in [0.5, 0.6) is 0 Å². The molecule has 0 bridgehead atoms. The maximum atomic E-state index is 4.42. The van der Waals surface area contributed by atoms with Crippen molar-refractivity contribution in [3.8, 4) is 0 Å². The zero-order valence-electron chi connectivity index (χ0n) is 18.3. The van der Waals surface area contributed by atoms with Crippen LogP contribution in [0.1, 0.15) is 30.7 Å². The summed E-state index contributed by atoms with van der Waals surface area (Å²) in [6.45, 7) is 5.08. The molecule has 0 aliphatic carbocycles. The molecule has 2 N–H and O–H groups in total. The van der Waals surface area contributed by atoms with E-state index < -0.39 is 0 Å². The van der Waals surface area contributed by atoms with Crippen LogP contribution < -0.4 is 15.5 Å². The van der Waals surface area contributed by atoms with E-state index in [1.165, 1.54) is 17.7 Å². The van der Waals surface area contributed by atoms with Crippen LogP contribution in [0.15, 0.2) is 53.7 Å². The van der Waals surface area contributed by atoms with Crippen molar-refractivity contribution in [1.29, 1.82) is 0 Å². The van der Waals surface area contributed by atoms with Gasteiger partial charge in [0.05, 0.1) is 0 Å². The van der Waals surface area contributed by atoms with Gasteiger partial charge in [-0.15, -0.1) is 34.2 Å². The summed E-state index contributed by atoms with van der Waals surface area (Å²) >= 11 is 0. The number of fused-ring (bicyclic) bond motifs is 1. The molecule has 0 radical (unpaired) electrons. The maximum Gasteiger partial charge on any atom is 0.191 e. The Kier molecular flexibility index (Phi) is 8.51. The molecular formula is C23H32IN7. The number of guanidine groups is 1. The van der Waals surface area contributed by atoms with E-state index in [2.05, 4.69) is 66.3 Å². The Morgan fingerprint density at radius 3 is 2.81 bits per heavy atom. The predicted molar refractivity (Wildman–Crippen MR) is 138 cm³/mol. The number of nitrogens with one attached hydrogen (secondary N) is 2. The lowest BCUT2D eigenvalue weighted by molar-refractivity contribution is 0.468. The summed E-state index contributed by atoms with van der Waals surface area (Å²) in [5.41, 5.74) is 3.50. The molecule has 1 aliphatic heterocycles. The van der Waals surface area contributed by atoms with Crippen LogP contribution in [0.3, 0.4) is 0 Å². The van der Waals surface area contributed by atoms with Crippen LogP contribution in [0.2, 0.25) is 0 Å². The molecule has 0 spiro atoms. The monoisotopic (exact) mass is 533 g/mol. The highest BCUT2D eigenvalue weighted by Crippen LogP contribution is 2.20. The molecule has 1 fully saturated rings. The number of halogens is 1. The van der Waals surface area contributed by atoms with Crippen LogP contribution in [0.4, 0.5) is 5.69 Å². The topological polar surface area (TPSA) is 69.8 Å². The van der Waals surface area contributed by atoms with E-state index in [4.69, 9.17) is 0 Å². The average molecular weight is 533 g/mol. The second-order valence-electron chi connectivity index (χ2n) is 7.91. The second-order valence-corrected chi connectivity index (χ2v) is 7.91. The summed E-state index contributed by atoms with van der Waals surface area (Å²) in [5, 5.41) is 15.6. The van der Waals surface area contributed by atoms with Gasteiger partial charge in [0.1, 0.15) is 5.82 Å². The zero-order valence-corrected chi connectivity index (χ0v) is 20.6. The lowest BCUT2D eigenvalue weighted by Crippen LogP contribution is -2.51. The highest BCUT2D eigenvalue weighted by molar-refractivity contribution is 14.0. The van der Waals surface area contributed by atoms with E-state index >= 15 is 0 Å². The molecule has 1 aliphatic rings. The third-order valence-electron chi connectivity index (χ3n) is 5.64. The molecule has 31 heavy (non-hydrogen) atoms. The summed E-state index contributed by atoms with van der Waals surface area (Å²) in [4.78, 5) is 6.88. The Hall–Kier alpha value is -2.36. The first-order valence-corrected chi connectivity index (χ1v) is 10.8. The highest BCUT2D eigenvalue weighted by Gasteiger charge is 2.21. The van der Waals surface area contributed by atoms with Crippen molar-refractivity contribution in [3.05, 3.63) is 60.0 Å². The Labute approximate surface area is 201 Å². The SMILES string of the molecule is CN=C(NCCCc1nnc2ccccn12)NC1CCCN(c2ccc(C)cc2)C1.I. The van der Waals surface area contributed by atoms with Gasteiger partial charge in [-0.2, -0.15) is 0 Å². The lowest BCUT2D eigenvalue weighted by atomic mass is 10.0. The van der Waals surface area contributed by atoms with Crippen molar-refractivity contribution in [2.24, 2.45) is 4.99 Å². The second kappa shape index (κ2) is 11.3. The van der Waals surface area contributed by atoms with Crippen molar-refractivity contribution in [1.82, 2.24) is 25.2 Å². The lowest BCUT2D eigenvalue weighted by Gasteiger charge is -2.35. The molecular weight excluding hydrogens is 501 g/mol. The van der Waals surface area contributed by atoms with Gasteiger partial charge in [-0.25, -0.2) is 0 Å². The molecule has 1 unspecified atom stereocenters. The van der Waals surface area contributed by atoms with Gasteiger partial charge in [-0.05, 0) is 50.5 Å². The number of aliphatic imine (C=N–C) groups is 1. The van der Waals surface area contributed by atoms with Gasteiger partial charge in [0, 0.05) is 51.0 Å². The molecule has 1 atom stereocenters. The number of anilines is 1. The number of piperidine rings is 1. The molecule has 1 aromatic carbocycles. The van der Waals surface area contributed by atoms with E-state index in [1.807, 2.05) is 31.4 Å². The molecule has 2 aromatic heterocycles. The van der Waals surface area contributed by atoms with Crippen LogP contribution in [0, 0.1) is 6.92 Å². The van der Waals surface area contributed by atoms with Crippen molar-refractivity contribution in [3.63, 3.8) is 0 Å². The summed E-state index contributed by atoms with van der Waals surface area (Å²) in [6, 6.07) is 15.2. The predicted octanol–water partition coefficient (Wildman–Crippen LogP) is 3.42. The number of nitrogens with zero attached hydrogens (tertiary/aromatic N) is 5. The van der Waals surface area contributed by atoms with Crippen LogP contribution in [-0.2, 0) is 6.42 Å². The third-order valence-corrected chi connectivity index (χ3v) is 5.64. The Balaban J connectivity index is 0.00000272. The smallest absolute Gasteiger partial charge is 0.191 e. The number of hydrogen-bond acceptors (Lipinski definition) is 4. The molecule has 1 saturated heterocycles. The van der Waals surface area contributed by atoms with Crippen molar-refractivity contribution >= 4 is 41.3 Å². The number of rotatable bonds is 6. The molecule has 3 aromatic rings. The number of hydrogen-bond donors (Lipinski definition) is 2. The van der Waals surface area contributed by atoms with E-state index in [9.17, 15) is 0 Å². The Bertz CT molecular complexity index is 983. The molecule has 0 saturated carbocycles. The Morgan fingerprint density at radius 2 is 2.00 bits per heavy atom.